The van der Waals surface area contributed by atoms with Crippen molar-refractivity contribution >= 4 is 27.5 Å². The number of hydrogen-bond donors (Lipinski definition) is 1. The van der Waals surface area contributed by atoms with Crippen LogP contribution in [0.25, 0.3) is 10.2 Å². The predicted molar refractivity (Wildman–Crippen MR) is 99.9 cm³/mol. The van der Waals surface area contributed by atoms with Gasteiger partial charge in [-0.05, 0) is 50.3 Å². The summed E-state index contributed by atoms with van der Waals surface area (Å²) in [6, 6.07) is 12.8. The normalized spacial score (nSPS) is 14.2. The van der Waals surface area contributed by atoms with E-state index < -0.39 is 0 Å². The number of carbonyl (C=O) groups excluding carboxylic acids is 1. The molecule has 0 spiro atoms. The van der Waals surface area contributed by atoms with Gasteiger partial charge in [0.25, 0.3) is 5.91 Å². The second kappa shape index (κ2) is 6.10. The predicted octanol–water partition coefficient (Wildman–Crippen LogP) is 4.51. The van der Waals surface area contributed by atoms with E-state index in [1.165, 1.54) is 33.5 Å². The van der Waals surface area contributed by atoms with Crippen LogP contribution in [0.2, 0.25) is 0 Å². The second-order valence-electron chi connectivity index (χ2n) is 6.86. The molecule has 1 saturated carbocycles. The molecule has 0 atom stereocenters. The topological polar surface area (TPSA) is 34.0 Å². The van der Waals surface area contributed by atoms with Gasteiger partial charge in [0.15, 0.2) is 0 Å². The number of amides is 1. The lowest BCUT2D eigenvalue weighted by Crippen LogP contribution is -2.27. The van der Waals surface area contributed by atoms with Gasteiger partial charge in [0.2, 0.25) is 0 Å². The Morgan fingerprint density at radius 2 is 1.96 bits per heavy atom. The van der Waals surface area contributed by atoms with E-state index in [4.69, 9.17) is 0 Å². The van der Waals surface area contributed by atoms with Gasteiger partial charge in [-0.2, -0.15) is 0 Å². The molecule has 1 aliphatic rings. The van der Waals surface area contributed by atoms with Crippen LogP contribution in [0.4, 0.5) is 0 Å². The SMILES string of the molecule is Cc1ccc(Cn2c(C(=O)NCC3CC3)cc3sc(C)cc32)cc1. The van der Waals surface area contributed by atoms with Crippen molar-refractivity contribution in [1.82, 2.24) is 9.88 Å². The van der Waals surface area contributed by atoms with Gasteiger partial charge in [-0.15, -0.1) is 11.3 Å². The summed E-state index contributed by atoms with van der Waals surface area (Å²) in [5.41, 5.74) is 4.41. The van der Waals surface area contributed by atoms with Crippen molar-refractivity contribution in [2.75, 3.05) is 6.54 Å². The number of nitrogens with one attached hydrogen (secondary N) is 1. The maximum atomic E-state index is 12.7. The molecule has 0 aliphatic heterocycles. The summed E-state index contributed by atoms with van der Waals surface area (Å²) >= 11 is 1.75. The van der Waals surface area contributed by atoms with Gasteiger partial charge in [-0.3, -0.25) is 4.79 Å². The molecule has 0 bridgehead atoms. The first-order chi connectivity index (χ1) is 11.6. The van der Waals surface area contributed by atoms with E-state index in [-0.39, 0.29) is 5.91 Å². The van der Waals surface area contributed by atoms with Crippen LogP contribution < -0.4 is 5.32 Å². The summed E-state index contributed by atoms with van der Waals surface area (Å²) in [6.07, 6.45) is 2.50. The van der Waals surface area contributed by atoms with Crippen molar-refractivity contribution in [3.05, 3.63) is 58.1 Å². The number of carbonyl (C=O) groups is 1. The molecule has 2 aromatic heterocycles. The fourth-order valence-electron chi connectivity index (χ4n) is 3.05. The molecule has 1 aromatic carbocycles. The molecule has 4 rings (SSSR count). The van der Waals surface area contributed by atoms with Crippen LogP contribution in [0.15, 0.2) is 36.4 Å². The van der Waals surface area contributed by atoms with Gasteiger partial charge in [0.1, 0.15) is 5.69 Å². The molecule has 124 valence electrons. The molecule has 0 saturated heterocycles. The smallest absolute Gasteiger partial charge is 0.267 e. The molecule has 1 amide bonds. The Bertz CT molecular complexity index is 884. The minimum absolute atomic E-state index is 0.0510. The van der Waals surface area contributed by atoms with E-state index in [0.29, 0.717) is 5.92 Å². The number of thiophene rings is 1. The molecule has 0 unspecified atom stereocenters. The molecule has 1 fully saturated rings. The van der Waals surface area contributed by atoms with Gasteiger partial charge in [-0.1, -0.05) is 29.8 Å². The van der Waals surface area contributed by atoms with Crippen LogP contribution in [0.5, 0.6) is 0 Å². The molecule has 0 radical (unpaired) electrons. The summed E-state index contributed by atoms with van der Waals surface area (Å²) in [4.78, 5) is 13.9. The van der Waals surface area contributed by atoms with Gasteiger partial charge in [-0.25, -0.2) is 0 Å². The molecule has 3 aromatic rings. The quantitative estimate of drug-likeness (QED) is 0.730. The van der Waals surface area contributed by atoms with E-state index in [2.05, 4.69) is 54.1 Å². The first-order valence-corrected chi connectivity index (χ1v) is 9.35. The van der Waals surface area contributed by atoms with Gasteiger partial charge in [0, 0.05) is 18.0 Å². The van der Waals surface area contributed by atoms with E-state index in [0.717, 1.165) is 24.3 Å². The first-order valence-electron chi connectivity index (χ1n) is 8.53. The van der Waals surface area contributed by atoms with E-state index in [9.17, 15) is 4.79 Å². The van der Waals surface area contributed by atoms with Crippen molar-refractivity contribution in [3.8, 4) is 0 Å². The highest BCUT2D eigenvalue weighted by Gasteiger charge is 2.23. The Balaban J connectivity index is 1.67. The summed E-state index contributed by atoms with van der Waals surface area (Å²) in [5.74, 6) is 0.743. The Morgan fingerprint density at radius 1 is 1.21 bits per heavy atom. The zero-order chi connectivity index (χ0) is 16.7. The maximum absolute atomic E-state index is 12.7. The number of nitrogens with zero attached hydrogens (tertiary/aromatic N) is 1. The van der Waals surface area contributed by atoms with Gasteiger partial charge in [0.05, 0.1) is 10.2 Å². The standard InChI is InChI=1S/C20H22N2OS/c1-13-3-5-16(6-4-13)12-22-17-9-14(2)24-19(17)10-18(22)20(23)21-11-15-7-8-15/h3-6,9-10,15H,7-8,11-12H2,1-2H3,(H,21,23). The number of fused-ring (bicyclic) bond motifs is 1. The second-order valence-corrected chi connectivity index (χ2v) is 8.15. The highest BCUT2D eigenvalue weighted by Crippen LogP contribution is 2.30. The van der Waals surface area contributed by atoms with Crippen molar-refractivity contribution < 1.29 is 4.79 Å². The minimum Gasteiger partial charge on any atom is -0.350 e. The highest BCUT2D eigenvalue weighted by atomic mass is 32.1. The van der Waals surface area contributed by atoms with Crippen molar-refractivity contribution in [1.29, 1.82) is 0 Å². The number of benzene rings is 1. The maximum Gasteiger partial charge on any atom is 0.267 e. The minimum atomic E-state index is 0.0510. The fourth-order valence-corrected chi connectivity index (χ4v) is 4.01. The number of aryl methyl sites for hydroxylation is 2. The summed E-state index contributed by atoms with van der Waals surface area (Å²) in [7, 11) is 0. The van der Waals surface area contributed by atoms with Crippen LogP contribution in [0.3, 0.4) is 0 Å². The number of rotatable bonds is 5. The lowest BCUT2D eigenvalue weighted by Gasteiger charge is -2.11. The number of aromatic nitrogens is 1. The lowest BCUT2D eigenvalue weighted by atomic mass is 10.1. The zero-order valence-electron chi connectivity index (χ0n) is 14.1. The summed E-state index contributed by atoms with van der Waals surface area (Å²) < 4.78 is 3.35. The first kappa shape index (κ1) is 15.5. The van der Waals surface area contributed by atoms with E-state index >= 15 is 0 Å². The third-order valence-corrected chi connectivity index (χ3v) is 5.64. The van der Waals surface area contributed by atoms with Crippen molar-refractivity contribution in [2.45, 2.75) is 33.2 Å². The average molecular weight is 338 g/mol. The highest BCUT2D eigenvalue weighted by molar-refractivity contribution is 7.19. The molecular formula is C20H22N2OS. The van der Waals surface area contributed by atoms with Gasteiger partial charge >= 0.3 is 0 Å². The molecule has 2 heterocycles. The summed E-state index contributed by atoms with van der Waals surface area (Å²) in [5, 5.41) is 3.11. The third-order valence-electron chi connectivity index (χ3n) is 4.65. The molecule has 1 aliphatic carbocycles. The number of hydrogen-bond acceptors (Lipinski definition) is 2. The average Bonchev–Trinajstić information content (AvgIpc) is 3.24. The monoisotopic (exact) mass is 338 g/mol. The van der Waals surface area contributed by atoms with Crippen LogP contribution in [0, 0.1) is 19.8 Å². The fraction of sp³-hybridized carbons (Fsp3) is 0.350. The largest absolute Gasteiger partial charge is 0.350 e. The van der Waals surface area contributed by atoms with E-state index in [1.807, 2.05) is 6.07 Å². The molecule has 4 heteroatoms. The van der Waals surface area contributed by atoms with Crippen molar-refractivity contribution in [3.63, 3.8) is 0 Å². The lowest BCUT2D eigenvalue weighted by molar-refractivity contribution is 0.0943. The third kappa shape index (κ3) is 3.11. The molecule has 3 nitrogen and oxygen atoms in total. The zero-order valence-corrected chi connectivity index (χ0v) is 15.0. The van der Waals surface area contributed by atoms with Gasteiger partial charge < -0.3 is 9.88 Å². The van der Waals surface area contributed by atoms with Crippen LogP contribution >= 0.6 is 11.3 Å². The van der Waals surface area contributed by atoms with Crippen LogP contribution in [0.1, 0.15) is 39.3 Å². The van der Waals surface area contributed by atoms with E-state index in [1.54, 1.807) is 11.3 Å². The van der Waals surface area contributed by atoms with Crippen LogP contribution in [-0.4, -0.2) is 17.0 Å². The Kier molecular flexibility index (Phi) is 3.93. The molecule has 24 heavy (non-hydrogen) atoms. The van der Waals surface area contributed by atoms with Crippen molar-refractivity contribution in [2.24, 2.45) is 5.92 Å². The Morgan fingerprint density at radius 3 is 2.67 bits per heavy atom. The Labute approximate surface area is 146 Å². The molecular weight excluding hydrogens is 316 g/mol. The van der Waals surface area contributed by atoms with Crippen LogP contribution in [-0.2, 0) is 6.54 Å². The molecule has 1 N–H and O–H groups in total. The Hall–Kier alpha value is -2.07. The summed E-state index contributed by atoms with van der Waals surface area (Å²) in [6.45, 7) is 5.75.